The van der Waals surface area contributed by atoms with Crippen molar-refractivity contribution in [2.24, 2.45) is 0 Å². The lowest BCUT2D eigenvalue weighted by Crippen LogP contribution is -2.50. The maximum atomic E-state index is 9.16. The van der Waals surface area contributed by atoms with Crippen molar-refractivity contribution in [2.45, 2.75) is 17.9 Å². The van der Waals surface area contributed by atoms with Gasteiger partial charge in [0, 0.05) is 49.4 Å². The molecule has 2 rings (SSSR count). The lowest BCUT2D eigenvalue weighted by atomic mass is 10.2. The molecule has 1 aromatic rings. The molecule has 3 nitrogen and oxygen atoms in total. The predicted molar refractivity (Wildman–Crippen MR) is 81.7 cm³/mol. The van der Waals surface area contributed by atoms with Crippen molar-refractivity contribution in [3.63, 3.8) is 0 Å². The molecule has 19 heavy (non-hydrogen) atoms. The van der Waals surface area contributed by atoms with Crippen LogP contribution in [0.15, 0.2) is 35.2 Å². The Balaban J connectivity index is 1.63. The molecule has 1 heterocycles. The summed E-state index contributed by atoms with van der Waals surface area (Å²) in [6.07, 6.45) is 0. The number of hydrogen-bond donors (Lipinski definition) is 1. The zero-order valence-corrected chi connectivity index (χ0v) is 12.5. The fourth-order valence-electron chi connectivity index (χ4n) is 2.35. The summed E-state index contributed by atoms with van der Waals surface area (Å²) in [5, 5.41) is 9.16. The van der Waals surface area contributed by atoms with E-state index in [2.05, 4.69) is 47.1 Å². The molecule has 1 aliphatic rings. The zero-order valence-electron chi connectivity index (χ0n) is 11.7. The van der Waals surface area contributed by atoms with Crippen molar-refractivity contribution in [3.8, 4) is 0 Å². The van der Waals surface area contributed by atoms with Crippen LogP contribution in [0, 0.1) is 0 Å². The van der Waals surface area contributed by atoms with E-state index in [0.29, 0.717) is 6.04 Å². The van der Waals surface area contributed by atoms with E-state index in [0.717, 1.165) is 38.5 Å². The second kappa shape index (κ2) is 7.90. The van der Waals surface area contributed by atoms with Crippen LogP contribution in [-0.4, -0.2) is 66.0 Å². The van der Waals surface area contributed by atoms with E-state index in [9.17, 15) is 0 Å². The molecular weight excluding hydrogens is 256 g/mol. The Labute approximate surface area is 120 Å². The van der Waals surface area contributed by atoms with Gasteiger partial charge in [0.1, 0.15) is 0 Å². The van der Waals surface area contributed by atoms with Crippen LogP contribution in [0.5, 0.6) is 0 Å². The summed E-state index contributed by atoms with van der Waals surface area (Å²) in [5.74, 6) is 1.15. The van der Waals surface area contributed by atoms with Crippen molar-refractivity contribution in [3.05, 3.63) is 30.3 Å². The molecule has 1 aliphatic heterocycles. The van der Waals surface area contributed by atoms with Gasteiger partial charge in [-0.2, -0.15) is 0 Å². The Morgan fingerprint density at radius 1 is 1.16 bits per heavy atom. The average molecular weight is 280 g/mol. The highest BCUT2D eigenvalue weighted by Crippen LogP contribution is 2.17. The second-order valence-corrected chi connectivity index (χ2v) is 6.24. The Kier molecular flexibility index (Phi) is 6.17. The Bertz CT molecular complexity index is 352. The van der Waals surface area contributed by atoms with Gasteiger partial charge in [0.15, 0.2) is 0 Å². The van der Waals surface area contributed by atoms with Crippen molar-refractivity contribution >= 4 is 11.8 Å². The first-order valence-electron chi connectivity index (χ1n) is 7.04. The molecule has 0 bridgehead atoms. The minimum absolute atomic E-state index is 0.268. The molecule has 0 aliphatic carbocycles. The Hall–Kier alpha value is -0.550. The molecule has 1 saturated heterocycles. The molecule has 106 valence electrons. The summed E-state index contributed by atoms with van der Waals surface area (Å²) in [5.41, 5.74) is 0. The molecule has 0 amide bonds. The van der Waals surface area contributed by atoms with E-state index in [1.807, 2.05) is 11.8 Å². The molecule has 1 unspecified atom stereocenters. The number of rotatable bonds is 6. The number of thioether (sulfide) groups is 1. The van der Waals surface area contributed by atoms with Gasteiger partial charge < -0.3 is 5.11 Å². The molecule has 1 atom stereocenters. The molecule has 4 heteroatoms. The van der Waals surface area contributed by atoms with E-state index in [-0.39, 0.29) is 6.61 Å². The highest BCUT2D eigenvalue weighted by atomic mass is 32.2. The van der Waals surface area contributed by atoms with Gasteiger partial charge in [-0.05, 0) is 19.1 Å². The highest BCUT2D eigenvalue weighted by molar-refractivity contribution is 7.99. The predicted octanol–water partition coefficient (Wildman–Crippen LogP) is 1.78. The average Bonchev–Trinajstić information content (AvgIpc) is 2.48. The van der Waals surface area contributed by atoms with Gasteiger partial charge in [0.25, 0.3) is 0 Å². The van der Waals surface area contributed by atoms with Crippen LogP contribution in [0.4, 0.5) is 0 Å². The van der Waals surface area contributed by atoms with Crippen LogP contribution in [-0.2, 0) is 0 Å². The van der Waals surface area contributed by atoms with Gasteiger partial charge in [0.05, 0.1) is 6.61 Å². The van der Waals surface area contributed by atoms with Gasteiger partial charge >= 0.3 is 0 Å². The zero-order chi connectivity index (χ0) is 13.5. The van der Waals surface area contributed by atoms with Crippen molar-refractivity contribution in [1.82, 2.24) is 9.80 Å². The number of aliphatic hydroxyl groups excluding tert-OH is 1. The maximum Gasteiger partial charge on any atom is 0.0584 e. The number of benzene rings is 1. The summed E-state index contributed by atoms with van der Waals surface area (Å²) < 4.78 is 0. The van der Waals surface area contributed by atoms with E-state index >= 15 is 0 Å². The van der Waals surface area contributed by atoms with E-state index in [4.69, 9.17) is 5.11 Å². The smallest absolute Gasteiger partial charge is 0.0584 e. The molecule has 1 fully saturated rings. The van der Waals surface area contributed by atoms with Gasteiger partial charge in [-0.3, -0.25) is 9.80 Å². The number of hydrogen-bond acceptors (Lipinski definition) is 4. The van der Waals surface area contributed by atoms with Crippen LogP contribution in [0.1, 0.15) is 6.92 Å². The van der Waals surface area contributed by atoms with Crippen molar-refractivity contribution in [1.29, 1.82) is 0 Å². The van der Waals surface area contributed by atoms with E-state index < -0.39 is 0 Å². The third-order valence-electron chi connectivity index (χ3n) is 3.71. The van der Waals surface area contributed by atoms with Crippen molar-refractivity contribution < 1.29 is 5.11 Å². The largest absolute Gasteiger partial charge is 0.395 e. The van der Waals surface area contributed by atoms with Gasteiger partial charge in [0.2, 0.25) is 0 Å². The summed E-state index contributed by atoms with van der Waals surface area (Å²) in [6.45, 7) is 7.93. The van der Waals surface area contributed by atoms with Gasteiger partial charge in [-0.1, -0.05) is 18.2 Å². The van der Waals surface area contributed by atoms with Crippen LogP contribution in [0.25, 0.3) is 0 Å². The topological polar surface area (TPSA) is 26.7 Å². The van der Waals surface area contributed by atoms with Crippen LogP contribution in [0.2, 0.25) is 0 Å². The highest BCUT2D eigenvalue weighted by Gasteiger charge is 2.19. The van der Waals surface area contributed by atoms with E-state index in [1.165, 1.54) is 4.90 Å². The van der Waals surface area contributed by atoms with Gasteiger partial charge in [-0.15, -0.1) is 11.8 Å². The van der Waals surface area contributed by atoms with Crippen LogP contribution in [0.3, 0.4) is 0 Å². The number of aliphatic hydroxyl groups is 1. The summed E-state index contributed by atoms with van der Waals surface area (Å²) in [6, 6.07) is 10.9. The third kappa shape index (κ3) is 4.80. The maximum absolute atomic E-state index is 9.16. The second-order valence-electron chi connectivity index (χ2n) is 5.07. The van der Waals surface area contributed by atoms with Crippen molar-refractivity contribution in [2.75, 3.05) is 45.1 Å². The Morgan fingerprint density at radius 2 is 1.84 bits per heavy atom. The summed E-state index contributed by atoms with van der Waals surface area (Å²) in [7, 11) is 0. The lowest BCUT2D eigenvalue weighted by Gasteiger charge is -2.37. The first-order chi connectivity index (χ1) is 9.29. The minimum Gasteiger partial charge on any atom is -0.395 e. The molecule has 1 aromatic carbocycles. The molecule has 0 spiro atoms. The third-order valence-corrected chi connectivity index (χ3v) is 4.71. The SMILES string of the molecule is CC(CO)N1CCN(CCSc2ccccc2)CC1. The van der Waals surface area contributed by atoms with Crippen LogP contribution >= 0.6 is 11.8 Å². The van der Waals surface area contributed by atoms with Gasteiger partial charge in [-0.25, -0.2) is 0 Å². The molecule has 1 N–H and O–H groups in total. The first-order valence-corrected chi connectivity index (χ1v) is 8.03. The number of nitrogens with zero attached hydrogens (tertiary/aromatic N) is 2. The van der Waals surface area contributed by atoms with Crippen LogP contribution < -0.4 is 0 Å². The first kappa shape index (κ1) is 14.9. The fraction of sp³-hybridized carbons (Fsp3) is 0.600. The molecule has 0 radical (unpaired) electrons. The normalized spacial score (nSPS) is 19.5. The standard InChI is InChI=1S/C15H24N2OS/c1-14(13-18)17-9-7-16(8-10-17)11-12-19-15-5-3-2-4-6-15/h2-6,14,18H,7-13H2,1H3. The van der Waals surface area contributed by atoms with E-state index in [1.54, 1.807) is 0 Å². The number of piperazine rings is 1. The molecule has 0 aromatic heterocycles. The fourth-order valence-corrected chi connectivity index (χ4v) is 3.29. The minimum atomic E-state index is 0.268. The molecular formula is C15H24N2OS. The summed E-state index contributed by atoms with van der Waals surface area (Å²) >= 11 is 1.93. The molecule has 0 saturated carbocycles. The lowest BCUT2D eigenvalue weighted by molar-refractivity contribution is 0.0761. The monoisotopic (exact) mass is 280 g/mol. The quantitative estimate of drug-likeness (QED) is 0.804. The summed E-state index contributed by atoms with van der Waals surface area (Å²) in [4.78, 5) is 6.26. The Morgan fingerprint density at radius 3 is 2.47 bits per heavy atom.